The fourth-order valence-corrected chi connectivity index (χ4v) is 4.18. The minimum Gasteiger partial charge on any atom is -0.326 e. The highest BCUT2D eigenvalue weighted by Gasteiger charge is 2.38. The van der Waals surface area contributed by atoms with Gasteiger partial charge in [-0.15, -0.1) is 0 Å². The molecule has 2 aliphatic heterocycles. The van der Waals surface area contributed by atoms with Crippen molar-refractivity contribution in [3.8, 4) is 0 Å². The predicted molar refractivity (Wildman–Crippen MR) is 88.6 cm³/mol. The largest absolute Gasteiger partial charge is 0.326 e. The van der Waals surface area contributed by atoms with Gasteiger partial charge in [-0.1, -0.05) is 23.7 Å². The lowest BCUT2D eigenvalue weighted by atomic mass is 9.95. The Hall–Kier alpha value is -0.610. The molecule has 0 aliphatic carbocycles. The van der Waals surface area contributed by atoms with Crippen LogP contribution in [0.4, 0.5) is 0 Å². The first kappa shape index (κ1) is 15.3. The van der Waals surface area contributed by atoms with Gasteiger partial charge in [-0.3, -0.25) is 9.80 Å². The predicted octanol–water partition coefficient (Wildman–Crippen LogP) is 2.90. The van der Waals surface area contributed by atoms with Crippen molar-refractivity contribution < 1.29 is 0 Å². The number of hydrogen-bond donors (Lipinski definition) is 1. The van der Waals surface area contributed by atoms with Crippen molar-refractivity contribution in [3.63, 3.8) is 0 Å². The summed E-state index contributed by atoms with van der Waals surface area (Å²) in [7, 11) is 0. The van der Waals surface area contributed by atoms with Crippen LogP contribution in [0.3, 0.4) is 0 Å². The third-order valence-corrected chi connectivity index (χ3v) is 5.30. The fourth-order valence-electron chi connectivity index (χ4n) is 4.05. The maximum absolute atomic E-state index is 6.35. The second-order valence-electron chi connectivity index (χ2n) is 6.69. The molecule has 0 radical (unpaired) electrons. The van der Waals surface area contributed by atoms with Crippen LogP contribution in [0.5, 0.6) is 0 Å². The van der Waals surface area contributed by atoms with Crippen LogP contribution in [0, 0.1) is 0 Å². The van der Waals surface area contributed by atoms with Crippen molar-refractivity contribution in [1.82, 2.24) is 9.80 Å². The number of nitrogens with zero attached hydrogens (tertiary/aromatic N) is 2. The van der Waals surface area contributed by atoms with Crippen LogP contribution < -0.4 is 5.73 Å². The SMILES string of the molecule is CC(N)C(c1ccc(Cl)cc1)N1CC2CCCN2CC1C. The zero-order valence-electron chi connectivity index (χ0n) is 13.0. The van der Waals surface area contributed by atoms with E-state index in [4.69, 9.17) is 17.3 Å². The first-order chi connectivity index (χ1) is 10.1. The highest BCUT2D eigenvalue weighted by molar-refractivity contribution is 6.30. The van der Waals surface area contributed by atoms with Gasteiger partial charge in [0.1, 0.15) is 0 Å². The van der Waals surface area contributed by atoms with E-state index in [0.29, 0.717) is 6.04 Å². The molecule has 4 unspecified atom stereocenters. The molecular weight excluding hydrogens is 282 g/mol. The lowest BCUT2D eigenvalue weighted by Gasteiger charge is -2.47. The molecule has 4 heteroatoms. The summed E-state index contributed by atoms with van der Waals surface area (Å²) >= 11 is 6.03. The van der Waals surface area contributed by atoms with Gasteiger partial charge in [0.25, 0.3) is 0 Å². The fraction of sp³-hybridized carbons (Fsp3) is 0.647. The summed E-state index contributed by atoms with van der Waals surface area (Å²) in [5.41, 5.74) is 7.63. The molecule has 0 aromatic heterocycles. The average molecular weight is 308 g/mol. The van der Waals surface area contributed by atoms with E-state index in [2.05, 4.69) is 35.8 Å². The van der Waals surface area contributed by atoms with E-state index in [0.717, 1.165) is 17.6 Å². The summed E-state index contributed by atoms with van der Waals surface area (Å²) in [4.78, 5) is 5.27. The lowest BCUT2D eigenvalue weighted by Crippen LogP contribution is -2.57. The Morgan fingerprint density at radius 3 is 2.62 bits per heavy atom. The van der Waals surface area contributed by atoms with E-state index in [1.807, 2.05) is 12.1 Å². The number of halogens is 1. The van der Waals surface area contributed by atoms with Gasteiger partial charge >= 0.3 is 0 Å². The van der Waals surface area contributed by atoms with E-state index in [1.165, 1.54) is 31.5 Å². The molecule has 3 rings (SSSR count). The highest BCUT2D eigenvalue weighted by Crippen LogP contribution is 2.33. The van der Waals surface area contributed by atoms with Crippen LogP contribution >= 0.6 is 11.6 Å². The van der Waals surface area contributed by atoms with Crippen LogP contribution in [0.2, 0.25) is 5.02 Å². The molecule has 0 bridgehead atoms. The Morgan fingerprint density at radius 2 is 1.95 bits per heavy atom. The van der Waals surface area contributed by atoms with Crippen LogP contribution in [-0.2, 0) is 0 Å². The van der Waals surface area contributed by atoms with E-state index in [1.54, 1.807) is 0 Å². The molecule has 21 heavy (non-hydrogen) atoms. The molecule has 2 N–H and O–H groups in total. The minimum absolute atomic E-state index is 0.113. The maximum Gasteiger partial charge on any atom is 0.0500 e. The number of rotatable bonds is 3. The van der Waals surface area contributed by atoms with Gasteiger partial charge in [-0.2, -0.15) is 0 Å². The van der Waals surface area contributed by atoms with Crippen molar-refractivity contribution in [2.45, 2.75) is 50.9 Å². The number of nitrogens with two attached hydrogens (primary N) is 1. The molecule has 2 heterocycles. The second-order valence-corrected chi connectivity index (χ2v) is 7.13. The molecule has 0 saturated carbocycles. The zero-order valence-corrected chi connectivity index (χ0v) is 13.8. The first-order valence-electron chi connectivity index (χ1n) is 8.07. The van der Waals surface area contributed by atoms with E-state index in [-0.39, 0.29) is 12.1 Å². The molecule has 0 amide bonds. The van der Waals surface area contributed by atoms with Gasteiger partial charge in [-0.05, 0) is 50.9 Å². The van der Waals surface area contributed by atoms with E-state index in [9.17, 15) is 0 Å². The Morgan fingerprint density at radius 1 is 1.24 bits per heavy atom. The summed E-state index contributed by atoms with van der Waals surface area (Å²) in [6.07, 6.45) is 2.67. The maximum atomic E-state index is 6.35. The smallest absolute Gasteiger partial charge is 0.0500 e. The standard InChI is InChI=1S/C17H26ClN3/c1-12-10-20-9-3-4-16(20)11-21(12)17(13(2)19)14-5-7-15(18)8-6-14/h5-8,12-13,16-17H,3-4,9-11,19H2,1-2H3. The Labute approximate surface area is 133 Å². The number of hydrogen-bond acceptors (Lipinski definition) is 3. The zero-order chi connectivity index (χ0) is 15.0. The van der Waals surface area contributed by atoms with Gasteiger partial charge < -0.3 is 5.73 Å². The van der Waals surface area contributed by atoms with Crippen molar-refractivity contribution >= 4 is 11.6 Å². The van der Waals surface area contributed by atoms with Crippen LogP contribution in [0.1, 0.15) is 38.3 Å². The van der Waals surface area contributed by atoms with Crippen molar-refractivity contribution in [3.05, 3.63) is 34.9 Å². The monoisotopic (exact) mass is 307 g/mol. The van der Waals surface area contributed by atoms with E-state index >= 15 is 0 Å². The summed E-state index contributed by atoms with van der Waals surface area (Å²) < 4.78 is 0. The Kier molecular flexibility index (Phi) is 4.55. The van der Waals surface area contributed by atoms with Crippen molar-refractivity contribution in [2.24, 2.45) is 5.73 Å². The van der Waals surface area contributed by atoms with Gasteiger partial charge in [0, 0.05) is 36.2 Å². The molecule has 1 aromatic rings. The first-order valence-corrected chi connectivity index (χ1v) is 8.45. The highest BCUT2D eigenvalue weighted by atomic mass is 35.5. The lowest BCUT2D eigenvalue weighted by molar-refractivity contribution is 0.0206. The number of fused-ring (bicyclic) bond motifs is 1. The Bertz CT molecular complexity index is 473. The molecule has 1 aromatic carbocycles. The van der Waals surface area contributed by atoms with Crippen molar-refractivity contribution in [2.75, 3.05) is 19.6 Å². The molecule has 116 valence electrons. The molecular formula is C17H26ClN3. The molecule has 0 spiro atoms. The van der Waals surface area contributed by atoms with Crippen LogP contribution in [0.25, 0.3) is 0 Å². The molecule has 4 atom stereocenters. The average Bonchev–Trinajstić information content (AvgIpc) is 2.88. The minimum atomic E-state index is 0.113. The molecule has 2 aliphatic rings. The van der Waals surface area contributed by atoms with Gasteiger partial charge in [0.05, 0.1) is 6.04 Å². The van der Waals surface area contributed by atoms with Gasteiger partial charge in [0.2, 0.25) is 0 Å². The number of piperazine rings is 1. The van der Waals surface area contributed by atoms with Crippen LogP contribution in [-0.4, -0.2) is 47.6 Å². The molecule has 2 fully saturated rings. The topological polar surface area (TPSA) is 32.5 Å². The third-order valence-electron chi connectivity index (χ3n) is 5.05. The van der Waals surface area contributed by atoms with Crippen LogP contribution in [0.15, 0.2) is 24.3 Å². The van der Waals surface area contributed by atoms with Gasteiger partial charge in [0.15, 0.2) is 0 Å². The molecule has 3 nitrogen and oxygen atoms in total. The summed E-state index contributed by atoms with van der Waals surface area (Å²) in [5.74, 6) is 0. The molecule has 2 saturated heterocycles. The van der Waals surface area contributed by atoms with Crippen molar-refractivity contribution in [1.29, 1.82) is 0 Å². The summed E-state index contributed by atoms with van der Waals surface area (Å²) in [5, 5.41) is 0.788. The number of benzene rings is 1. The quantitative estimate of drug-likeness (QED) is 0.932. The second kappa shape index (κ2) is 6.25. The third kappa shape index (κ3) is 3.11. The summed E-state index contributed by atoms with van der Waals surface area (Å²) in [6.45, 7) is 8.02. The Balaban J connectivity index is 1.84. The van der Waals surface area contributed by atoms with E-state index < -0.39 is 0 Å². The normalized spacial score (nSPS) is 30.1. The van der Waals surface area contributed by atoms with Gasteiger partial charge in [-0.25, -0.2) is 0 Å². The summed E-state index contributed by atoms with van der Waals surface area (Å²) in [6, 6.07) is 9.86.